The molecule has 0 aliphatic heterocycles. The van der Waals surface area contributed by atoms with Crippen LogP contribution in [0, 0.1) is 0 Å². The van der Waals surface area contributed by atoms with Gasteiger partial charge in [-0.3, -0.25) is 4.79 Å². The lowest BCUT2D eigenvalue weighted by molar-refractivity contribution is 0.0982. The molecule has 0 saturated heterocycles. The molecule has 0 unspecified atom stereocenters. The zero-order valence-corrected chi connectivity index (χ0v) is 12.3. The van der Waals surface area contributed by atoms with Gasteiger partial charge in [-0.25, -0.2) is 0 Å². The molecule has 3 rings (SSSR count). The lowest BCUT2D eigenvalue weighted by Gasteiger charge is -1.98. The zero-order chi connectivity index (χ0) is 13.9. The van der Waals surface area contributed by atoms with Crippen molar-refractivity contribution in [3.8, 4) is 0 Å². The Labute approximate surface area is 123 Å². The van der Waals surface area contributed by atoms with E-state index in [1.165, 1.54) is 23.1 Å². The van der Waals surface area contributed by atoms with Gasteiger partial charge in [0.25, 0.3) is 0 Å². The molecular weight excluding hydrogens is 294 g/mol. The number of furan rings is 1. The molecule has 0 radical (unpaired) electrons. The predicted molar refractivity (Wildman–Crippen MR) is 80.7 cm³/mol. The van der Waals surface area contributed by atoms with E-state index < -0.39 is 0 Å². The van der Waals surface area contributed by atoms with E-state index >= 15 is 0 Å². The molecule has 0 atom stereocenters. The van der Waals surface area contributed by atoms with Crippen molar-refractivity contribution in [1.82, 2.24) is 10.2 Å². The van der Waals surface area contributed by atoms with Gasteiger partial charge in [0.1, 0.15) is 5.58 Å². The summed E-state index contributed by atoms with van der Waals surface area (Å²) < 4.78 is 6.38. The van der Waals surface area contributed by atoms with Gasteiger partial charge in [0.15, 0.2) is 10.1 Å². The number of ketones is 1. The van der Waals surface area contributed by atoms with Gasteiger partial charge >= 0.3 is 0 Å². The maximum absolute atomic E-state index is 12.1. The van der Waals surface area contributed by atoms with Crippen LogP contribution in [0.15, 0.2) is 39.1 Å². The van der Waals surface area contributed by atoms with Crippen molar-refractivity contribution in [3.63, 3.8) is 0 Å². The van der Waals surface area contributed by atoms with Gasteiger partial charge < -0.3 is 9.73 Å². The summed E-state index contributed by atoms with van der Waals surface area (Å²) in [4.78, 5) is 12.1. The van der Waals surface area contributed by atoms with Crippen molar-refractivity contribution < 1.29 is 9.21 Å². The SMILES string of the molecule is CSc1nnc(NCC(=O)c2cc3ccccc3o2)s1. The Bertz CT molecular complexity index is 718. The molecule has 0 spiro atoms. The predicted octanol–water partition coefficient (Wildman–Crippen LogP) is 3.30. The van der Waals surface area contributed by atoms with Crippen molar-refractivity contribution in [2.24, 2.45) is 0 Å². The van der Waals surface area contributed by atoms with Crippen molar-refractivity contribution >= 4 is 45.0 Å². The highest BCUT2D eigenvalue weighted by atomic mass is 32.2. The van der Waals surface area contributed by atoms with E-state index in [1.54, 1.807) is 6.07 Å². The lowest BCUT2D eigenvalue weighted by atomic mass is 10.2. The number of nitrogens with zero attached hydrogens (tertiary/aromatic N) is 2. The second kappa shape index (κ2) is 5.64. The largest absolute Gasteiger partial charge is 0.453 e. The van der Waals surface area contributed by atoms with Gasteiger partial charge in [-0.15, -0.1) is 10.2 Å². The van der Waals surface area contributed by atoms with E-state index in [9.17, 15) is 4.79 Å². The summed E-state index contributed by atoms with van der Waals surface area (Å²) in [5.41, 5.74) is 0.719. The second-order valence-electron chi connectivity index (χ2n) is 4.00. The van der Waals surface area contributed by atoms with Crippen molar-refractivity contribution in [1.29, 1.82) is 0 Å². The summed E-state index contributed by atoms with van der Waals surface area (Å²) in [6.07, 6.45) is 1.93. The maximum atomic E-state index is 12.1. The molecule has 20 heavy (non-hydrogen) atoms. The molecule has 7 heteroatoms. The summed E-state index contributed by atoms with van der Waals surface area (Å²) in [7, 11) is 0. The van der Waals surface area contributed by atoms with Gasteiger partial charge in [-0.05, 0) is 18.4 Å². The van der Waals surface area contributed by atoms with E-state index in [0.717, 1.165) is 15.3 Å². The third-order valence-corrected chi connectivity index (χ3v) is 4.54. The Balaban J connectivity index is 1.69. The van der Waals surface area contributed by atoms with E-state index in [1.807, 2.05) is 30.5 Å². The highest BCUT2D eigenvalue weighted by Crippen LogP contribution is 2.23. The first-order valence-corrected chi connectivity index (χ1v) is 7.93. The summed E-state index contributed by atoms with van der Waals surface area (Å²) in [6.45, 7) is 0.142. The Morgan fingerprint density at radius 1 is 1.40 bits per heavy atom. The molecule has 5 nitrogen and oxygen atoms in total. The van der Waals surface area contributed by atoms with Crippen LogP contribution < -0.4 is 5.32 Å². The highest BCUT2D eigenvalue weighted by molar-refractivity contribution is 8.00. The van der Waals surface area contributed by atoms with Crippen LogP contribution in [0.4, 0.5) is 5.13 Å². The number of Topliss-reactive ketones (excluding diaryl/α,β-unsaturated/α-hetero) is 1. The molecule has 0 aliphatic rings. The third kappa shape index (κ3) is 2.68. The van der Waals surface area contributed by atoms with E-state index in [0.29, 0.717) is 10.9 Å². The fraction of sp³-hybridized carbons (Fsp3) is 0.154. The molecule has 0 fully saturated rings. The number of hydrogen-bond donors (Lipinski definition) is 1. The minimum Gasteiger partial charge on any atom is -0.453 e. The fourth-order valence-corrected chi connectivity index (χ4v) is 2.89. The van der Waals surface area contributed by atoms with E-state index in [-0.39, 0.29) is 12.3 Å². The molecular formula is C13H11N3O2S2. The number of nitrogens with one attached hydrogen (secondary N) is 1. The molecule has 2 heterocycles. The smallest absolute Gasteiger partial charge is 0.217 e. The van der Waals surface area contributed by atoms with Crippen LogP contribution in [-0.4, -0.2) is 28.8 Å². The summed E-state index contributed by atoms with van der Waals surface area (Å²) in [6, 6.07) is 9.30. The summed E-state index contributed by atoms with van der Waals surface area (Å²) in [5.74, 6) is 0.246. The Morgan fingerprint density at radius 3 is 3.00 bits per heavy atom. The lowest BCUT2D eigenvalue weighted by Crippen LogP contribution is -2.13. The second-order valence-corrected chi connectivity index (χ2v) is 6.03. The van der Waals surface area contributed by atoms with Crippen LogP contribution >= 0.6 is 23.1 Å². The highest BCUT2D eigenvalue weighted by Gasteiger charge is 2.13. The molecule has 0 amide bonds. The first-order valence-electron chi connectivity index (χ1n) is 5.89. The molecule has 2 aromatic heterocycles. The topological polar surface area (TPSA) is 68.0 Å². The molecule has 1 N–H and O–H groups in total. The quantitative estimate of drug-likeness (QED) is 0.576. The number of fused-ring (bicyclic) bond motifs is 1. The monoisotopic (exact) mass is 305 g/mol. The first-order chi connectivity index (χ1) is 9.76. The zero-order valence-electron chi connectivity index (χ0n) is 10.6. The fourth-order valence-electron chi connectivity index (χ4n) is 1.73. The Hall–Kier alpha value is -1.86. The third-order valence-electron chi connectivity index (χ3n) is 2.68. The normalized spacial score (nSPS) is 10.8. The number of hydrogen-bond acceptors (Lipinski definition) is 7. The molecule has 0 bridgehead atoms. The average molecular weight is 305 g/mol. The number of carbonyl (C=O) groups is 1. The van der Waals surface area contributed by atoms with E-state index in [2.05, 4.69) is 15.5 Å². The number of carbonyl (C=O) groups excluding carboxylic acids is 1. The maximum Gasteiger partial charge on any atom is 0.217 e. The number of aromatic nitrogens is 2. The molecule has 0 saturated carbocycles. The van der Waals surface area contributed by atoms with Crippen LogP contribution in [0.3, 0.4) is 0 Å². The van der Waals surface area contributed by atoms with Gasteiger partial charge in [-0.1, -0.05) is 41.3 Å². The van der Waals surface area contributed by atoms with Gasteiger partial charge in [-0.2, -0.15) is 0 Å². The Kier molecular flexibility index (Phi) is 3.70. The van der Waals surface area contributed by atoms with Crippen LogP contribution in [0.1, 0.15) is 10.6 Å². The molecule has 102 valence electrons. The van der Waals surface area contributed by atoms with Gasteiger partial charge in [0.05, 0.1) is 6.54 Å². The number of rotatable bonds is 5. The summed E-state index contributed by atoms with van der Waals surface area (Å²) in [5, 5.41) is 12.4. The number of anilines is 1. The van der Waals surface area contributed by atoms with E-state index in [4.69, 9.17) is 4.42 Å². The average Bonchev–Trinajstić information content (AvgIpc) is 3.10. The summed E-state index contributed by atoms with van der Waals surface area (Å²) >= 11 is 2.95. The van der Waals surface area contributed by atoms with Gasteiger partial charge in [0, 0.05) is 5.39 Å². The minimum absolute atomic E-state index is 0.109. The molecule has 1 aromatic carbocycles. The molecule has 0 aliphatic carbocycles. The molecule has 3 aromatic rings. The first kappa shape index (κ1) is 13.1. The van der Waals surface area contributed by atoms with Crippen LogP contribution in [-0.2, 0) is 0 Å². The van der Waals surface area contributed by atoms with Crippen LogP contribution in [0.5, 0.6) is 0 Å². The van der Waals surface area contributed by atoms with Crippen molar-refractivity contribution in [3.05, 3.63) is 36.1 Å². The number of para-hydroxylation sites is 1. The van der Waals surface area contributed by atoms with Crippen molar-refractivity contribution in [2.75, 3.05) is 18.1 Å². The minimum atomic E-state index is -0.109. The van der Waals surface area contributed by atoms with Gasteiger partial charge in [0.2, 0.25) is 10.9 Å². The van der Waals surface area contributed by atoms with Crippen LogP contribution in [0.2, 0.25) is 0 Å². The van der Waals surface area contributed by atoms with Crippen LogP contribution in [0.25, 0.3) is 11.0 Å². The number of benzene rings is 1. The van der Waals surface area contributed by atoms with Crippen molar-refractivity contribution in [2.45, 2.75) is 4.34 Å². The number of thioether (sulfide) groups is 1. The standard InChI is InChI=1S/C13H11N3O2S2/c1-19-13-16-15-12(20-13)14-7-9(17)11-6-8-4-2-3-5-10(8)18-11/h2-6H,7H2,1H3,(H,14,15). The Morgan fingerprint density at radius 2 is 2.25 bits per heavy atom.